The molecule has 0 saturated heterocycles. The van der Waals surface area contributed by atoms with Gasteiger partial charge in [-0.15, -0.1) is 0 Å². The van der Waals surface area contributed by atoms with Gasteiger partial charge in [0.2, 0.25) is 11.8 Å². The minimum atomic E-state index is -0.584. The molecule has 0 aromatic heterocycles. The molecule has 1 N–H and O–H groups in total. The summed E-state index contributed by atoms with van der Waals surface area (Å²) in [4.78, 5) is 27.5. The van der Waals surface area contributed by atoms with Gasteiger partial charge < -0.3 is 15.0 Å². The molecule has 0 aliphatic rings. The summed E-state index contributed by atoms with van der Waals surface area (Å²) in [5.41, 5.74) is 1.79. The highest BCUT2D eigenvalue weighted by Gasteiger charge is 2.26. The van der Waals surface area contributed by atoms with E-state index in [1.807, 2.05) is 36.4 Å². The van der Waals surface area contributed by atoms with Gasteiger partial charge in [0.1, 0.15) is 11.8 Å². The van der Waals surface area contributed by atoms with Crippen molar-refractivity contribution in [1.29, 1.82) is 0 Å². The van der Waals surface area contributed by atoms with Crippen molar-refractivity contribution in [3.63, 3.8) is 0 Å². The predicted molar refractivity (Wildman–Crippen MR) is 121 cm³/mol. The van der Waals surface area contributed by atoms with E-state index in [0.717, 1.165) is 23.3 Å². The summed E-state index contributed by atoms with van der Waals surface area (Å²) in [5.74, 6) is 0.994. The lowest BCUT2D eigenvalue weighted by molar-refractivity contribution is -0.140. The van der Waals surface area contributed by atoms with Crippen LogP contribution in [0.1, 0.15) is 38.3 Å². The first-order chi connectivity index (χ1) is 14.3. The number of ether oxygens (including phenoxy) is 1. The third-order valence-electron chi connectivity index (χ3n) is 4.97. The van der Waals surface area contributed by atoms with E-state index in [2.05, 4.69) is 19.2 Å². The maximum absolute atomic E-state index is 13.1. The van der Waals surface area contributed by atoms with Crippen LogP contribution in [0.15, 0.2) is 48.5 Å². The Balaban J connectivity index is 2.15. The monoisotopic (exact) mass is 430 g/mol. The Morgan fingerprint density at radius 1 is 1.00 bits per heavy atom. The molecule has 0 spiro atoms. The maximum Gasteiger partial charge on any atom is 0.242 e. The molecule has 2 aromatic carbocycles. The molecule has 6 heteroatoms. The molecule has 0 aliphatic heterocycles. The molecule has 30 heavy (non-hydrogen) atoms. The van der Waals surface area contributed by atoms with Crippen molar-refractivity contribution in [1.82, 2.24) is 10.2 Å². The fourth-order valence-corrected chi connectivity index (χ4v) is 3.15. The predicted octanol–water partition coefficient (Wildman–Crippen LogP) is 4.47. The molecular formula is C24H31ClN2O3. The molecule has 0 aliphatic carbocycles. The van der Waals surface area contributed by atoms with Crippen LogP contribution in [0.2, 0.25) is 5.02 Å². The molecule has 1 atom stereocenters. The first kappa shape index (κ1) is 23.7. The van der Waals surface area contributed by atoms with Crippen LogP contribution < -0.4 is 10.1 Å². The minimum absolute atomic E-state index is 0.111. The van der Waals surface area contributed by atoms with Crippen molar-refractivity contribution >= 4 is 23.4 Å². The van der Waals surface area contributed by atoms with Crippen molar-refractivity contribution in [3.8, 4) is 5.75 Å². The van der Waals surface area contributed by atoms with Crippen LogP contribution in [-0.4, -0.2) is 36.4 Å². The van der Waals surface area contributed by atoms with Crippen molar-refractivity contribution < 1.29 is 14.3 Å². The van der Waals surface area contributed by atoms with Crippen molar-refractivity contribution in [2.24, 2.45) is 5.92 Å². The largest absolute Gasteiger partial charge is 0.497 e. The zero-order chi connectivity index (χ0) is 22.1. The van der Waals surface area contributed by atoms with Crippen molar-refractivity contribution in [3.05, 3.63) is 64.7 Å². The van der Waals surface area contributed by atoms with E-state index < -0.39 is 6.04 Å². The number of hydrogen-bond donors (Lipinski definition) is 1. The number of amides is 2. The highest BCUT2D eigenvalue weighted by molar-refractivity contribution is 6.30. The molecule has 162 valence electrons. The van der Waals surface area contributed by atoms with Crippen LogP contribution in [0, 0.1) is 5.92 Å². The van der Waals surface area contributed by atoms with Crippen LogP contribution >= 0.6 is 11.6 Å². The Hall–Kier alpha value is -2.53. The summed E-state index contributed by atoms with van der Waals surface area (Å²) < 4.78 is 5.20. The van der Waals surface area contributed by atoms with Gasteiger partial charge >= 0.3 is 0 Å². The number of nitrogens with zero attached hydrogens (tertiary/aromatic N) is 1. The van der Waals surface area contributed by atoms with Gasteiger partial charge in [-0.2, -0.15) is 0 Å². The van der Waals surface area contributed by atoms with E-state index in [0.29, 0.717) is 24.0 Å². The molecular weight excluding hydrogens is 400 g/mol. The van der Waals surface area contributed by atoms with E-state index >= 15 is 0 Å². The molecule has 0 saturated carbocycles. The molecule has 2 amide bonds. The second-order valence-electron chi connectivity index (χ2n) is 7.82. The van der Waals surface area contributed by atoms with Crippen molar-refractivity contribution in [2.75, 3.05) is 13.7 Å². The third-order valence-corrected chi connectivity index (χ3v) is 5.22. The Morgan fingerprint density at radius 3 is 2.17 bits per heavy atom. The number of rotatable bonds is 10. The number of carbonyl (C=O) groups is 2. The smallest absolute Gasteiger partial charge is 0.242 e. The summed E-state index contributed by atoms with van der Waals surface area (Å²) in [6, 6.07) is 14.1. The summed E-state index contributed by atoms with van der Waals surface area (Å²) in [6.07, 6.45) is 1.10. The van der Waals surface area contributed by atoms with Gasteiger partial charge in [-0.1, -0.05) is 49.7 Å². The highest BCUT2D eigenvalue weighted by atomic mass is 35.5. The topological polar surface area (TPSA) is 58.6 Å². The lowest BCUT2D eigenvalue weighted by Gasteiger charge is -2.29. The van der Waals surface area contributed by atoms with E-state index in [9.17, 15) is 9.59 Å². The second-order valence-corrected chi connectivity index (χ2v) is 8.26. The number of hydrogen-bond acceptors (Lipinski definition) is 3. The molecule has 5 nitrogen and oxygen atoms in total. The Kier molecular flexibility index (Phi) is 9.18. The molecule has 0 radical (unpaired) electrons. The van der Waals surface area contributed by atoms with E-state index in [4.69, 9.17) is 16.3 Å². The Bertz CT molecular complexity index is 819. The lowest BCUT2D eigenvalue weighted by atomic mass is 10.1. The summed E-state index contributed by atoms with van der Waals surface area (Å²) in [5, 5.41) is 3.58. The van der Waals surface area contributed by atoms with Crippen molar-refractivity contribution in [2.45, 2.75) is 46.2 Å². The van der Waals surface area contributed by atoms with Gasteiger partial charge in [0, 0.05) is 18.1 Å². The first-order valence-corrected chi connectivity index (χ1v) is 10.6. The molecule has 2 rings (SSSR count). The lowest BCUT2D eigenvalue weighted by Crippen LogP contribution is -2.48. The van der Waals surface area contributed by atoms with Gasteiger partial charge in [-0.25, -0.2) is 0 Å². The quantitative estimate of drug-likeness (QED) is 0.605. The summed E-state index contributed by atoms with van der Waals surface area (Å²) >= 11 is 5.95. The minimum Gasteiger partial charge on any atom is -0.497 e. The van der Waals surface area contributed by atoms with Gasteiger partial charge in [0.05, 0.1) is 13.5 Å². The fourth-order valence-electron chi connectivity index (χ4n) is 3.02. The SMILES string of the molecule is COc1ccc(CN(C(=O)Cc2ccc(Cl)cc2)[C@@H](C)C(=O)NCCC(C)C)cc1. The van der Waals surface area contributed by atoms with Gasteiger partial charge in [-0.3, -0.25) is 9.59 Å². The number of halogens is 1. The molecule has 0 bridgehead atoms. The molecule has 0 fully saturated rings. The molecule has 0 heterocycles. The van der Waals surface area contributed by atoms with Crippen LogP contribution in [0.25, 0.3) is 0 Å². The zero-order valence-electron chi connectivity index (χ0n) is 18.2. The number of benzene rings is 2. The van der Waals surface area contributed by atoms with Crippen LogP contribution in [0.4, 0.5) is 0 Å². The standard InChI is InChI=1S/C24H31ClN2O3/c1-17(2)13-14-26-24(29)18(3)27(16-20-7-11-22(30-4)12-8-20)23(28)15-19-5-9-21(25)10-6-19/h5-12,17-18H,13-16H2,1-4H3,(H,26,29)/t18-/m0/s1. The zero-order valence-corrected chi connectivity index (χ0v) is 18.9. The highest BCUT2D eigenvalue weighted by Crippen LogP contribution is 2.17. The fraction of sp³-hybridized carbons (Fsp3) is 0.417. The van der Waals surface area contributed by atoms with Crippen LogP contribution in [-0.2, 0) is 22.6 Å². The van der Waals surface area contributed by atoms with E-state index in [1.54, 1.807) is 31.1 Å². The Morgan fingerprint density at radius 2 is 1.60 bits per heavy atom. The number of nitrogens with one attached hydrogen (secondary N) is 1. The number of carbonyl (C=O) groups excluding carboxylic acids is 2. The van der Waals surface area contributed by atoms with Crippen LogP contribution in [0.3, 0.4) is 0 Å². The molecule has 2 aromatic rings. The van der Waals surface area contributed by atoms with E-state index in [1.165, 1.54) is 0 Å². The number of methoxy groups -OCH3 is 1. The maximum atomic E-state index is 13.1. The molecule has 0 unspecified atom stereocenters. The van der Waals surface area contributed by atoms with Gasteiger partial charge in [0.15, 0.2) is 0 Å². The normalized spacial score (nSPS) is 11.8. The Labute approximate surface area is 184 Å². The summed E-state index contributed by atoms with van der Waals surface area (Å²) in [6.45, 7) is 6.94. The second kappa shape index (κ2) is 11.6. The summed E-state index contributed by atoms with van der Waals surface area (Å²) in [7, 11) is 1.61. The first-order valence-electron chi connectivity index (χ1n) is 10.2. The van der Waals surface area contributed by atoms with Gasteiger partial charge in [-0.05, 0) is 54.7 Å². The van der Waals surface area contributed by atoms with E-state index in [-0.39, 0.29) is 18.2 Å². The van der Waals surface area contributed by atoms with Gasteiger partial charge in [0.25, 0.3) is 0 Å². The average molecular weight is 431 g/mol. The average Bonchev–Trinajstić information content (AvgIpc) is 2.73. The third kappa shape index (κ3) is 7.38. The van der Waals surface area contributed by atoms with Crippen LogP contribution in [0.5, 0.6) is 5.75 Å².